The van der Waals surface area contributed by atoms with Crippen molar-refractivity contribution in [3.05, 3.63) is 29.8 Å². The minimum Gasteiger partial charge on any atom is -0.497 e. The average molecular weight is 379 g/mol. The predicted octanol–water partition coefficient (Wildman–Crippen LogP) is 0.969. The zero-order valence-electron chi connectivity index (χ0n) is 15.4. The van der Waals surface area contributed by atoms with Crippen molar-refractivity contribution in [2.75, 3.05) is 7.11 Å². The molecule has 0 radical (unpaired) electrons. The van der Waals surface area contributed by atoms with Crippen LogP contribution in [-0.4, -0.2) is 52.5 Å². The normalized spacial score (nSPS) is 16.3. The summed E-state index contributed by atoms with van der Waals surface area (Å²) < 4.78 is 10.1. The first-order valence-corrected chi connectivity index (χ1v) is 8.01. The third-order valence-electron chi connectivity index (χ3n) is 3.75. The van der Waals surface area contributed by atoms with Gasteiger partial charge in [-0.25, -0.2) is 9.59 Å². The Morgan fingerprint density at radius 3 is 2.07 bits per heavy atom. The molecule has 2 rings (SSSR count). The summed E-state index contributed by atoms with van der Waals surface area (Å²) in [6, 6.07) is 5.23. The number of carbonyl (C=O) groups is 4. The van der Waals surface area contributed by atoms with Crippen LogP contribution in [0.2, 0.25) is 0 Å². The van der Waals surface area contributed by atoms with E-state index in [1.165, 1.54) is 7.11 Å². The number of barbiturate groups is 1. The van der Waals surface area contributed by atoms with Crippen LogP contribution >= 0.6 is 0 Å². The van der Waals surface area contributed by atoms with Crippen LogP contribution in [0, 0.1) is 0 Å². The molecule has 5 amide bonds. The molecule has 10 nitrogen and oxygen atoms in total. The number of urea groups is 1. The van der Waals surface area contributed by atoms with E-state index in [9.17, 15) is 24.4 Å². The van der Waals surface area contributed by atoms with Crippen LogP contribution in [0.3, 0.4) is 0 Å². The highest BCUT2D eigenvalue weighted by molar-refractivity contribution is 6.23. The van der Waals surface area contributed by atoms with E-state index in [0.29, 0.717) is 11.3 Å². The van der Waals surface area contributed by atoms with Gasteiger partial charge in [0.2, 0.25) is 5.54 Å². The van der Waals surface area contributed by atoms with E-state index in [-0.39, 0.29) is 5.06 Å². The number of hydrogen-bond donors (Lipinski definition) is 3. The second kappa shape index (κ2) is 7.23. The molecule has 1 aromatic carbocycles. The molecule has 1 heterocycles. The molecule has 1 saturated heterocycles. The van der Waals surface area contributed by atoms with E-state index in [4.69, 9.17) is 9.47 Å². The monoisotopic (exact) mass is 379 g/mol. The first kappa shape index (κ1) is 20.2. The van der Waals surface area contributed by atoms with Gasteiger partial charge in [-0.2, -0.15) is 5.06 Å². The first-order chi connectivity index (χ1) is 12.5. The molecular weight excluding hydrogens is 358 g/mol. The molecule has 146 valence electrons. The van der Waals surface area contributed by atoms with E-state index in [2.05, 4.69) is 0 Å². The van der Waals surface area contributed by atoms with Crippen molar-refractivity contribution >= 4 is 23.9 Å². The number of hydrogen-bond acceptors (Lipinski definition) is 7. The molecular formula is C17H21N3O7. The van der Waals surface area contributed by atoms with E-state index >= 15 is 0 Å². The van der Waals surface area contributed by atoms with Gasteiger partial charge in [-0.15, -0.1) is 0 Å². The maximum atomic E-state index is 12.5. The molecule has 1 aliphatic rings. The number of carbonyl (C=O) groups excluding carboxylic acids is 4. The lowest BCUT2D eigenvalue weighted by atomic mass is 9.87. The summed E-state index contributed by atoms with van der Waals surface area (Å²) in [5, 5.41) is 14.2. The van der Waals surface area contributed by atoms with Crippen LogP contribution < -0.4 is 15.4 Å². The standard InChI is InChI=1S/C17H21N3O7/c1-16(2,3)27-15(24)20(25)17(12(21)18-14(23)19-13(17)22)9-10-5-7-11(26-4)8-6-10/h5-8,25H,9H2,1-4H3,(H2,18,19,21,22,23). The smallest absolute Gasteiger partial charge is 0.435 e. The van der Waals surface area contributed by atoms with Crippen LogP contribution in [0.1, 0.15) is 26.3 Å². The van der Waals surface area contributed by atoms with Crippen molar-refractivity contribution in [2.24, 2.45) is 0 Å². The lowest BCUT2D eigenvalue weighted by Crippen LogP contribution is -2.74. The van der Waals surface area contributed by atoms with E-state index in [1.54, 1.807) is 45.0 Å². The van der Waals surface area contributed by atoms with Crippen LogP contribution in [0.4, 0.5) is 9.59 Å². The summed E-state index contributed by atoms with van der Waals surface area (Å²) >= 11 is 0. The molecule has 10 heteroatoms. The first-order valence-electron chi connectivity index (χ1n) is 8.01. The van der Waals surface area contributed by atoms with Crippen molar-refractivity contribution < 1.29 is 33.9 Å². The van der Waals surface area contributed by atoms with Crippen LogP contribution in [0.15, 0.2) is 24.3 Å². The lowest BCUT2D eigenvalue weighted by Gasteiger charge is -2.39. The molecule has 0 spiro atoms. The lowest BCUT2D eigenvalue weighted by molar-refractivity contribution is -0.182. The SMILES string of the molecule is COc1ccc(CC2(N(O)C(=O)OC(C)(C)C)C(=O)NC(=O)NC2=O)cc1. The summed E-state index contributed by atoms with van der Waals surface area (Å²) in [6.07, 6.45) is -1.71. The highest BCUT2D eigenvalue weighted by atomic mass is 16.6. The Bertz CT molecular complexity index is 748. The Kier molecular flexibility index (Phi) is 5.41. The van der Waals surface area contributed by atoms with Crippen molar-refractivity contribution in [3.8, 4) is 5.75 Å². The quantitative estimate of drug-likeness (QED) is 0.403. The molecule has 1 aromatic rings. The molecule has 0 saturated carbocycles. The maximum absolute atomic E-state index is 12.5. The Balaban J connectivity index is 2.44. The third kappa shape index (κ3) is 4.17. The number of imide groups is 2. The molecule has 0 aliphatic carbocycles. The highest BCUT2D eigenvalue weighted by Gasteiger charge is 2.57. The molecule has 27 heavy (non-hydrogen) atoms. The largest absolute Gasteiger partial charge is 0.497 e. The second-order valence-electron chi connectivity index (χ2n) is 6.91. The van der Waals surface area contributed by atoms with Gasteiger partial charge in [-0.1, -0.05) is 12.1 Å². The van der Waals surface area contributed by atoms with E-state index in [1.807, 2.05) is 10.6 Å². The number of ether oxygens (including phenoxy) is 2. The molecule has 1 aliphatic heterocycles. The summed E-state index contributed by atoms with van der Waals surface area (Å²) in [7, 11) is 1.47. The maximum Gasteiger partial charge on any atom is 0.435 e. The summed E-state index contributed by atoms with van der Waals surface area (Å²) in [6.45, 7) is 4.66. The van der Waals surface area contributed by atoms with Gasteiger partial charge in [-0.3, -0.25) is 25.4 Å². The Labute approximate surface area is 155 Å². The molecule has 1 fully saturated rings. The van der Waals surface area contributed by atoms with Crippen molar-refractivity contribution in [2.45, 2.75) is 38.3 Å². The Hall–Kier alpha value is -3.14. The second-order valence-corrected chi connectivity index (χ2v) is 6.91. The fourth-order valence-electron chi connectivity index (χ4n) is 2.47. The minimum absolute atomic E-state index is 0.0837. The molecule has 0 aromatic heterocycles. The minimum atomic E-state index is -2.43. The number of nitrogens with zero attached hydrogens (tertiary/aromatic N) is 1. The van der Waals surface area contributed by atoms with Gasteiger partial charge in [0.25, 0.3) is 11.8 Å². The van der Waals surface area contributed by atoms with Crippen LogP contribution in [-0.2, 0) is 20.7 Å². The van der Waals surface area contributed by atoms with E-state index < -0.39 is 41.5 Å². The van der Waals surface area contributed by atoms with Gasteiger partial charge in [0.15, 0.2) is 0 Å². The fourth-order valence-corrected chi connectivity index (χ4v) is 2.47. The number of methoxy groups -OCH3 is 1. The zero-order valence-corrected chi connectivity index (χ0v) is 15.4. The van der Waals surface area contributed by atoms with Gasteiger partial charge >= 0.3 is 12.1 Å². The van der Waals surface area contributed by atoms with Gasteiger partial charge < -0.3 is 9.47 Å². The number of benzene rings is 1. The summed E-state index contributed by atoms with van der Waals surface area (Å²) in [5.74, 6) is -1.77. The predicted molar refractivity (Wildman–Crippen MR) is 91.0 cm³/mol. The van der Waals surface area contributed by atoms with Gasteiger partial charge in [0, 0.05) is 6.42 Å². The molecule has 0 bridgehead atoms. The van der Waals surface area contributed by atoms with Gasteiger partial charge in [0.1, 0.15) is 11.4 Å². The van der Waals surface area contributed by atoms with Crippen LogP contribution in [0.5, 0.6) is 5.75 Å². The third-order valence-corrected chi connectivity index (χ3v) is 3.75. The number of nitrogens with one attached hydrogen (secondary N) is 2. The van der Waals surface area contributed by atoms with Gasteiger partial charge in [0.05, 0.1) is 7.11 Å². The topological polar surface area (TPSA) is 134 Å². The highest BCUT2D eigenvalue weighted by Crippen LogP contribution is 2.26. The fraction of sp³-hybridized carbons (Fsp3) is 0.412. The van der Waals surface area contributed by atoms with Gasteiger partial charge in [-0.05, 0) is 38.5 Å². The molecule has 3 N–H and O–H groups in total. The van der Waals surface area contributed by atoms with Crippen molar-refractivity contribution in [1.29, 1.82) is 0 Å². The summed E-state index contributed by atoms with van der Waals surface area (Å²) in [5.41, 5.74) is -2.99. The van der Waals surface area contributed by atoms with E-state index in [0.717, 1.165) is 0 Å². The number of amides is 5. The summed E-state index contributed by atoms with van der Waals surface area (Å²) in [4.78, 5) is 48.8. The Morgan fingerprint density at radius 1 is 1.11 bits per heavy atom. The molecule has 0 unspecified atom stereocenters. The number of hydroxylamine groups is 2. The Morgan fingerprint density at radius 2 is 1.63 bits per heavy atom. The van der Waals surface area contributed by atoms with Crippen molar-refractivity contribution in [1.82, 2.24) is 15.7 Å². The van der Waals surface area contributed by atoms with Crippen LogP contribution in [0.25, 0.3) is 0 Å². The molecule has 0 atom stereocenters. The number of rotatable bonds is 4. The zero-order chi connectivity index (χ0) is 20.4. The van der Waals surface area contributed by atoms with Crippen molar-refractivity contribution in [3.63, 3.8) is 0 Å². The average Bonchev–Trinajstić information content (AvgIpc) is 2.56.